The number of nitrogens with zero attached hydrogens (tertiary/aromatic N) is 2. The van der Waals surface area contributed by atoms with E-state index < -0.39 is 11.3 Å². The Hall–Kier alpha value is -3.13. The molecule has 1 unspecified atom stereocenters. The van der Waals surface area contributed by atoms with E-state index in [-0.39, 0.29) is 25.1 Å². The minimum atomic E-state index is -2.67. The van der Waals surface area contributed by atoms with Gasteiger partial charge in [0.15, 0.2) is 0 Å². The molecule has 4 N–H and O–H groups in total. The molecule has 8 heteroatoms. The van der Waals surface area contributed by atoms with E-state index >= 15 is 0 Å². The van der Waals surface area contributed by atoms with Crippen LogP contribution in [0.3, 0.4) is 0 Å². The summed E-state index contributed by atoms with van der Waals surface area (Å²) >= 11 is 0. The fourth-order valence-electron chi connectivity index (χ4n) is 3.99. The summed E-state index contributed by atoms with van der Waals surface area (Å²) in [5.74, 6) is -2.38. The summed E-state index contributed by atoms with van der Waals surface area (Å²) < 4.78 is 29.3. The Morgan fingerprint density at radius 2 is 1.86 bits per heavy atom. The van der Waals surface area contributed by atoms with Crippen LogP contribution in [0.2, 0.25) is 0 Å². The van der Waals surface area contributed by atoms with Crippen molar-refractivity contribution in [1.82, 2.24) is 9.55 Å². The summed E-state index contributed by atoms with van der Waals surface area (Å²) in [7, 11) is 1.59. The van der Waals surface area contributed by atoms with Gasteiger partial charge in [0, 0.05) is 37.0 Å². The predicted molar refractivity (Wildman–Crippen MR) is 152 cm³/mol. The summed E-state index contributed by atoms with van der Waals surface area (Å²) in [6.07, 6.45) is 6.53. The van der Waals surface area contributed by atoms with Gasteiger partial charge in [-0.1, -0.05) is 71.6 Å². The molecule has 4 rings (SSSR count). The molecule has 0 bridgehead atoms. The summed E-state index contributed by atoms with van der Waals surface area (Å²) in [4.78, 5) is 17.0. The molecule has 1 saturated carbocycles. The van der Waals surface area contributed by atoms with E-state index in [0.29, 0.717) is 35.1 Å². The van der Waals surface area contributed by atoms with Crippen LogP contribution in [0.1, 0.15) is 66.4 Å². The molecule has 1 aliphatic rings. The maximum absolute atomic E-state index is 14.0. The van der Waals surface area contributed by atoms with Gasteiger partial charge < -0.3 is 11.1 Å². The first-order valence-electron chi connectivity index (χ1n) is 13.0. The Balaban J connectivity index is 0.000000440. The van der Waals surface area contributed by atoms with Crippen molar-refractivity contribution in [2.75, 3.05) is 11.9 Å². The van der Waals surface area contributed by atoms with Gasteiger partial charge in [0.05, 0.1) is 21.7 Å². The monoisotopic (exact) mass is 515 g/mol. The number of hydrogen-bond acceptors (Lipinski definition) is 5. The van der Waals surface area contributed by atoms with E-state index in [1.807, 2.05) is 58.9 Å². The first-order valence-corrected chi connectivity index (χ1v) is 13.0. The van der Waals surface area contributed by atoms with Crippen molar-refractivity contribution in [2.45, 2.75) is 73.3 Å². The van der Waals surface area contributed by atoms with Crippen LogP contribution in [-0.4, -0.2) is 22.0 Å². The second kappa shape index (κ2) is 14.0. The van der Waals surface area contributed by atoms with Crippen LogP contribution in [0.4, 0.5) is 14.7 Å². The van der Waals surface area contributed by atoms with Gasteiger partial charge in [-0.15, -0.1) is 0 Å². The van der Waals surface area contributed by atoms with Gasteiger partial charge in [-0.25, -0.2) is 13.8 Å². The van der Waals surface area contributed by atoms with E-state index in [4.69, 9.17) is 11.1 Å². The number of benzene rings is 1. The number of allylic oxidation sites excluding steroid dienone is 2. The Bertz CT molecular complexity index is 1340. The molecule has 3 aromatic rings. The lowest BCUT2D eigenvalue weighted by atomic mass is 9.63. The lowest BCUT2D eigenvalue weighted by Gasteiger charge is -2.49. The molecule has 204 valence electrons. The van der Waals surface area contributed by atoms with Crippen LogP contribution in [0.5, 0.6) is 0 Å². The largest absolute Gasteiger partial charge is 0.355 e. The molecule has 0 radical (unpaired) electrons. The van der Waals surface area contributed by atoms with E-state index in [0.717, 1.165) is 16.0 Å². The van der Waals surface area contributed by atoms with Crippen molar-refractivity contribution in [3.05, 3.63) is 62.1 Å². The number of rotatable bonds is 6. The van der Waals surface area contributed by atoms with Crippen LogP contribution in [-0.2, 0) is 13.6 Å². The molecular formula is C29H43F2N5O. The Morgan fingerprint density at radius 1 is 1.24 bits per heavy atom. The van der Waals surface area contributed by atoms with Crippen molar-refractivity contribution in [3.63, 3.8) is 0 Å². The molecule has 0 aliphatic heterocycles. The number of para-hydroxylation sites is 1. The quantitative estimate of drug-likeness (QED) is 0.451. The number of nitrogens with two attached hydrogens (primary N) is 1. The second-order valence-corrected chi connectivity index (χ2v) is 8.47. The standard InChI is InChI=1S/C17H22F2N4O.C8H9N.2C2H6/c1-3-16(7-8-17(16,18)19)10-21-15-22-13-11(9-20)5-4-6-12(13)14(24)23(15)2;1-3-4-5-7-6(2)8(7)9;2*1-2/h4-6H,3,7-10,20H2,1-2H3,(H,21,22);3-5,9H,2H2,1H3;2*1-2H3/b;4-3-,7-5-,9-8?;;. The normalized spacial score (nSPS) is 18.3. The highest BCUT2D eigenvalue weighted by Gasteiger charge is 2.60. The first-order chi connectivity index (χ1) is 17.6. The summed E-state index contributed by atoms with van der Waals surface area (Å²) in [6.45, 7) is 15.7. The third-order valence-electron chi connectivity index (χ3n) is 6.65. The summed E-state index contributed by atoms with van der Waals surface area (Å²) in [6, 6.07) is 5.27. The molecule has 1 heterocycles. The first kappa shape index (κ1) is 31.9. The van der Waals surface area contributed by atoms with Crippen molar-refractivity contribution in [1.29, 1.82) is 5.41 Å². The maximum atomic E-state index is 14.0. The molecule has 1 fully saturated rings. The molecular weight excluding hydrogens is 472 g/mol. The Morgan fingerprint density at radius 3 is 2.30 bits per heavy atom. The number of alkyl halides is 2. The van der Waals surface area contributed by atoms with Gasteiger partial charge in [0.1, 0.15) is 0 Å². The number of fused-ring (bicyclic) bond motifs is 1. The predicted octanol–water partition coefficient (Wildman–Crippen LogP) is 4.49. The fourth-order valence-corrected chi connectivity index (χ4v) is 3.99. The highest BCUT2D eigenvalue weighted by atomic mass is 19.3. The third-order valence-corrected chi connectivity index (χ3v) is 6.65. The molecule has 2 aromatic carbocycles. The molecule has 0 saturated heterocycles. The average molecular weight is 516 g/mol. The van der Waals surface area contributed by atoms with Gasteiger partial charge >= 0.3 is 0 Å². The van der Waals surface area contributed by atoms with Crippen LogP contribution in [0, 0.1) is 10.8 Å². The van der Waals surface area contributed by atoms with Crippen LogP contribution in [0.15, 0.2) is 35.1 Å². The van der Waals surface area contributed by atoms with Gasteiger partial charge in [-0.05, 0) is 31.4 Å². The minimum absolute atomic E-state index is 0.0794. The third kappa shape index (κ3) is 6.80. The molecule has 6 nitrogen and oxygen atoms in total. The van der Waals surface area contributed by atoms with E-state index in [1.54, 1.807) is 26.1 Å². The zero-order chi connectivity index (χ0) is 28.4. The summed E-state index contributed by atoms with van der Waals surface area (Å²) in [5.41, 5.74) is 5.72. The smallest absolute Gasteiger partial charge is 0.262 e. The molecule has 1 aromatic heterocycles. The highest BCUT2D eigenvalue weighted by Crippen LogP contribution is 2.55. The molecule has 0 spiro atoms. The van der Waals surface area contributed by atoms with Crippen molar-refractivity contribution in [2.24, 2.45) is 18.2 Å². The van der Waals surface area contributed by atoms with Crippen LogP contribution in [0.25, 0.3) is 23.6 Å². The highest BCUT2D eigenvalue weighted by molar-refractivity contribution is 5.82. The number of hydrogen-bond donors (Lipinski definition) is 3. The van der Waals surface area contributed by atoms with Gasteiger partial charge in [0.25, 0.3) is 11.5 Å². The molecule has 37 heavy (non-hydrogen) atoms. The van der Waals surface area contributed by atoms with Crippen LogP contribution < -0.4 is 32.4 Å². The number of nitrogens with one attached hydrogen (secondary N) is 2. The van der Waals surface area contributed by atoms with E-state index in [9.17, 15) is 13.6 Å². The van der Waals surface area contributed by atoms with Gasteiger partial charge in [0.2, 0.25) is 5.95 Å². The SMILES string of the molecule is C=c1c(=N)/c1=C\C=C/C.CC.CC.CCC1(CNc2nc3c(CN)cccc3c(=O)n2C)CCC1(F)F. The van der Waals surface area contributed by atoms with E-state index in [2.05, 4.69) is 16.9 Å². The van der Waals surface area contributed by atoms with Crippen molar-refractivity contribution in [3.8, 4) is 0 Å². The van der Waals surface area contributed by atoms with Gasteiger partial charge in [-0.3, -0.25) is 14.8 Å². The minimum Gasteiger partial charge on any atom is -0.355 e. The maximum Gasteiger partial charge on any atom is 0.262 e. The zero-order valence-electron chi connectivity index (χ0n) is 23.3. The number of aromatic nitrogens is 2. The van der Waals surface area contributed by atoms with E-state index in [1.165, 1.54) is 4.57 Å². The summed E-state index contributed by atoms with van der Waals surface area (Å²) in [5, 5.41) is 13.1. The lowest BCUT2D eigenvalue weighted by Crippen LogP contribution is -2.54. The Labute approximate surface area is 218 Å². The second-order valence-electron chi connectivity index (χ2n) is 8.47. The van der Waals surface area contributed by atoms with Crippen LogP contribution >= 0.6 is 0 Å². The zero-order valence-corrected chi connectivity index (χ0v) is 23.3. The van der Waals surface area contributed by atoms with Crippen molar-refractivity contribution < 1.29 is 8.78 Å². The molecule has 0 amide bonds. The van der Waals surface area contributed by atoms with Crippen molar-refractivity contribution >= 4 is 29.5 Å². The molecule has 1 atom stereocenters. The average Bonchev–Trinajstić information content (AvgIpc) is 3.50. The molecule has 1 aliphatic carbocycles. The fraction of sp³-hybridized carbons (Fsp3) is 0.483. The number of anilines is 1. The Kier molecular flexibility index (Phi) is 12.1. The lowest BCUT2D eigenvalue weighted by molar-refractivity contribution is -0.196. The van der Waals surface area contributed by atoms with Gasteiger partial charge in [-0.2, -0.15) is 0 Å². The topological polar surface area (TPSA) is 96.8 Å². The number of halogens is 2.